The van der Waals surface area contributed by atoms with Gasteiger partial charge in [-0.2, -0.15) is 0 Å². The lowest BCUT2D eigenvalue weighted by Gasteiger charge is -2.39. The number of urea groups is 1. The molecule has 0 spiro atoms. The second-order valence-electron chi connectivity index (χ2n) is 4.49. The van der Waals surface area contributed by atoms with Gasteiger partial charge in [-0.3, -0.25) is 0 Å². The fraction of sp³-hybridized carbons (Fsp3) is 0.818. The molecule has 2 amide bonds. The normalized spacial score (nSPS) is 25.8. The minimum Gasteiger partial charge on any atom is -0.392 e. The molecular formula is C11H19N3O2S. The van der Waals surface area contributed by atoms with Crippen LogP contribution >= 0.6 is 12.2 Å². The smallest absolute Gasteiger partial charge is 0.320 e. The van der Waals surface area contributed by atoms with Crippen molar-refractivity contribution in [2.24, 2.45) is 5.73 Å². The molecule has 0 aromatic rings. The van der Waals surface area contributed by atoms with E-state index in [2.05, 4.69) is 0 Å². The molecule has 6 heteroatoms. The second kappa shape index (κ2) is 5.64. The minimum atomic E-state index is -0.0610. The molecule has 0 bridgehead atoms. The van der Waals surface area contributed by atoms with Crippen molar-refractivity contribution in [1.82, 2.24) is 9.80 Å². The monoisotopic (exact) mass is 257 g/mol. The average Bonchev–Trinajstić information content (AvgIpc) is 2.39. The zero-order valence-electron chi connectivity index (χ0n) is 9.93. The Balaban J connectivity index is 2.02. The molecule has 0 saturated carbocycles. The maximum absolute atomic E-state index is 12.3. The Morgan fingerprint density at radius 3 is 2.59 bits per heavy atom. The molecule has 1 atom stereocenters. The number of amides is 2. The average molecular weight is 257 g/mol. The van der Waals surface area contributed by atoms with Crippen molar-refractivity contribution < 1.29 is 9.53 Å². The molecule has 2 N–H and O–H groups in total. The second-order valence-corrected chi connectivity index (χ2v) is 4.96. The quantitative estimate of drug-likeness (QED) is 0.698. The molecule has 5 nitrogen and oxygen atoms in total. The Bertz CT molecular complexity index is 305. The lowest BCUT2D eigenvalue weighted by molar-refractivity contribution is 0.0394. The van der Waals surface area contributed by atoms with E-state index in [1.807, 2.05) is 9.80 Å². The van der Waals surface area contributed by atoms with Crippen molar-refractivity contribution in [3.63, 3.8) is 0 Å². The molecule has 2 aliphatic rings. The summed E-state index contributed by atoms with van der Waals surface area (Å²) in [5.41, 5.74) is 5.72. The van der Waals surface area contributed by atoms with E-state index in [-0.39, 0.29) is 12.1 Å². The summed E-state index contributed by atoms with van der Waals surface area (Å²) < 4.78 is 5.25. The van der Waals surface area contributed by atoms with Gasteiger partial charge in [-0.05, 0) is 19.3 Å². The maximum atomic E-state index is 12.3. The molecule has 0 aromatic heterocycles. The van der Waals surface area contributed by atoms with Crippen LogP contribution in [0.1, 0.15) is 19.3 Å². The van der Waals surface area contributed by atoms with Crippen LogP contribution in [0, 0.1) is 0 Å². The van der Waals surface area contributed by atoms with Crippen molar-refractivity contribution in [2.45, 2.75) is 25.3 Å². The Hall–Kier alpha value is -0.880. The van der Waals surface area contributed by atoms with Crippen LogP contribution in [0.3, 0.4) is 0 Å². The number of hydrogen-bond acceptors (Lipinski definition) is 3. The van der Waals surface area contributed by atoms with Crippen LogP contribution in [0.4, 0.5) is 4.79 Å². The van der Waals surface area contributed by atoms with Gasteiger partial charge in [-0.25, -0.2) is 4.79 Å². The molecule has 2 saturated heterocycles. The van der Waals surface area contributed by atoms with E-state index in [9.17, 15) is 4.79 Å². The summed E-state index contributed by atoms with van der Waals surface area (Å²) in [4.78, 5) is 16.4. The third-order valence-electron chi connectivity index (χ3n) is 3.36. The zero-order chi connectivity index (χ0) is 12.3. The van der Waals surface area contributed by atoms with Crippen LogP contribution in [-0.2, 0) is 4.74 Å². The Kier molecular flexibility index (Phi) is 4.17. The van der Waals surface area contributed by atoms with E-state index in [1.165, 1.54) is 0 Å². The number of hydrogen-bond donors (Lipinski definition) is 1. The highest BCUT2D eigenvalue weighted by molar-refractivity contribution is 7.80. The SMILES string of the molecule is NC(=S)C1CCCCN1C(=O)N1CCOCC1. The number of thiocarbonyl (C=S) groups is 1. The highest BCUT2D eigenvalue weighted by Gasteiger charge is 2.31. The first-order valence-corrected chi connectivity index (χ1v) is 6.53. The van der Waals surface area contributed by atoms with Crippen LogP contribution in [0.15, 0.2) is 0 Å². The predicted octanol–water partition coefficient (Wildman–Crippen LogP) is 0.579. The largest absolute Gasteiger partial charge is 0.392 e. The summed E-state index contributed by atoms with van der Waals surface area (Å²) in [5.74, 6) is 0. The molecule has 1 unspecified atom stereocenters. The highest BCUT2D eigenvalue weighted by atomic mass is 32.1. The van der Waals surface area contributed by atoms with Crippen LogP contribution < -0.4 is 5.73 Å². The van der Waals surface area contributed by atoms with Crippen molar-refractivity contribution in [1.29, 1.82) is 0 Å². The van der Waals surface area contributed by atoms with E-state index >= 15 is 0 Å². The number of ether oxygens (including phenoxy) is 1. The molecule has 0 aromatic carbocycles. The van der Waals surface area contributed by atoms with Crippen LogP contribution in [0.25, 0.3) is 0 Å². The zero-order valence-corrected chi connectivity index (χ0v) is 10.7. The summed E-state index contributed by atoms with van der Waals surface area (Å²) in [6, 6.07) is -0.0000973. The number of nitrogens with two attached hydrogens (primary N) is 1. The first kappa shape index (κ1) is 12.6. The molecule has 2 heterocycles. The number of likely N-dealkylation sites (tertiary alicyclic amines) is 1. The molecule has 0 aliphatic carbocycles. The summed E-state index contributed by atoms with van der Waals surface area (Å²) in [5, 5.41) is 0. The van der Waals surface area contributed by atoms with Crippen molar-refractivity contribution in [3.05, 3.63) is 0 Å². The van der Waals surface area contributed by atoms with Gasteiger partial charge in [0, 0.05) is 19.6 Å². The minimum absolute atomic E-state index is 0.0609. The van der Waals surface area contributed by atoms with Gasteiger partial charge in [0.15, 0.2) is 0 Å². The first-order valence-electron chi connectivity index (χ1n) is 6.13. The Labute approximate surface area is 107 Å². The molecule has 0 radical (unpaired) electrons. The predicted molar refractivity (Wildman–Crippen MR) is 68.9 cm³/mol. The van der Waals surface area contributed by atoms with E-state index in [1.54, 1.807) is 0 Å². The van der Waals surface area contributed by atoms with Crippen molar-refractivity contribution >= 4 is 23.2 Å². The van der Waals surface area contributed by atoms with Crippen LogP contribution in [-0.4, -0.2) is 59.7 Å². The molecule has 96 valence electrons. The van der Waals surface area contributed by atoms with Gasteiger partial charge in [-0.1, -0.05) is 12.2 Å². The Morgan fingerprint density at radius 1 is 1.24 bits per heavy atom. The fourth-order valence-electron chi connectivity index (χ4n) is 2.39. The first-order chi connectivity index (χ1) is 8.20. The van der Waals surface area contributed by atoms with Gasteiger partial charge < -0.3 is 20.3 Å². The van der Waals surface area contributed by atoms with Gasteiger partial charge in [0.1, 0.15) is 0 Å². The fourth-order valence-corrected chi connectivity index (χ4v) is 2.64. The number of carbonyl (C=O) groups is 1. The van der Waals surface area contributed by atoms with Gasteiger partial charge in [0.2, 0.25) is 0 Å². The highest BCUT2D eigenvalue weighted by Crippen LogP contribution is 2.19. The van der Waals surface area contributed by atoms with E-state index in [4.69, 9.17) is 22.7 Å². The van der Waals surface area contributed by atoms with Crippen molar-refractivity contribution in [3.8, 4) is 0 Å². The molecule has 17 heavy (non-hydrogen) atoms. The summed E-state index contributed by atoms with van der Waals surface area (Å²) in [6.07, 6.45) is 3.02. The van der Waals surface area contributed by atoms with E-state index < -0.39 is 0 Å². The topological polar surface area (TPSA) is 58.8 Å². The van der Waals surface area contributed by atoms with Gasteiger partial charge in [0.05, 0.1) is 24.2 Å². The number of morpholine rings is 1. The molecule has 2 rings (SSSR count). The van der Waals surface area contributed by atoms with E-state index in [0.29, 0.717) is 31.3 Å². The molecule has 2 aliphatic heterocycles. The lowest BCUT2D eigenvalue weighted by atomic mass is 10.0. The summed E-state index contributed by atoms with van der Waals surface area (Å²) >= 11 is 5.05. The summed E-state index contributed by atoms with van der Waals surface area (Å²) in [7, 11) is 0. The van der Waals surface area contributed by atoms with Gasteiger partial charge in [-0.15, -0.1) is 0 Å². The van der Waals surface area contributed by atoms with E-state index in [0.717, 1.165) is 25.8 Å². The number of carbonyl (C=O) groups excluding carboxylic acids is 1. The number of nitrogens with zero attached hydrogens (tertiary/aromatic N) is 2. The third kappa shape index (κ3) is 2.87. The van der Waals surface area contributed by atoms with Gasteiger partial charge >= 0.3 is 6.03 Å². The van der Waals surface area contributed by atoms with Gasteiger partial charge in [0.25, 0.3) is 0 Å². The van der Waals surface area contributed by atoms with Crippen LogP contribution in [0.2, 0.25) is 0 Å². The Morgan fingerprint density at radius 2 is 1.94 bits per heavy atom. The third-order valence-corrected chi connectivity index (χ3v) is 3.63. The number of piperidine rings is 1. The lowest BCUT2D eigenvalue weighted by Crippen LogP contribution is -2.56. The van der Waals surface area contributed by atoms with Crippen LogP contribution in [0.5, 0.6) is 0 Å². The summed E-state index contributed by atoms with van der Waals surface area (Å²) in [6.45, 7) is 3.34. The molecular weight excluding hydrogens is 238 g/mol. The van der Waals surface area contributed by atoms with Crippen molar-refractivity contribution in [2.75, 3.05) is 32.8 Å². The maximum Gasteiger partial charge on any atom is 0.320 e. The number of rotatable bonds is 1. The standard InChI is InChI=1S/C11H19N3O2S/c12-10(17)9-3-1-2-4-14(9)11(15)13-5-7-16-8-6-13/h9H,1-8H2,(H2,12,17). The molecule has 2 fully saturated rings.